The van der Waals surface area contributed by atoms with Crippen molar-refractivity contribution in [3.05, 3.63) is 52.4 Å². The van der Waals surface area contributed by atoms with Gasteiger partial charge in [0.25, 0.3) is 5.91 Å². The van der Waals surface area contributed by atoms with Gasteiger partial charge in [-0.05, 0) is 29.8 Å². The first-order chi connectivity index (χ1) is 9.38. The standard InChI is InChI=1S/C12H6ClF2NO4/c13-10-2-1-9(20-10)11(17)16-8-4-7(15)6(14)3-5(8)12(18)19/h1-4H,(H,16,17)(H,18,19). The minimum atomic E-state index is -1.52. The summed E-state index contributed by atoms with van der Waals surface area (Å²) in [6.07, 6.45) is 0. The Morgan fingerprint density at radius 2 is 1.85 bits per heavy atom. The lowest BCUT2D eigenvalue weighted by Gasteiger charge is -2.08. The number of carbonyl (C=O) groups excluding carboxylic acids is 1. The summed E-state index contributed by atoms with van der Waals surface area (Å²) in [6, 6.07) is 3.60. The van der Waals surface area contributed by atoms with Gasteiger partial charge in [0, 0.05) is 6.07 Å². The highest BCUT2D eigenvalue weighted by molar-refractivity contribution is 6.29. The van der Waals surface area contributed by atoms with Crippen molar-refractivity contribution in [2.45, 2.75) is 0 Å². The monoisotopic (exact) mass is 301 g/mol. The molecule has 1 heterocycles. The van der Waals surface area contributed by atoms with E-state index in [-0.39, 0.29) is 11.0 Å². The Hall–Kier alpha value is -2.41. The normalized spacial score (nSPS) is 10.3. The molecule has 0 aliphatic rings. The lowest BCUT2D eigenvalue weighted by Crippen LogP contribution is -2.15. The van der Waals surface area contributed by atoms with Crippen LogP contribution in [0.25, 0.3) is 0 Å². The molecule has 2 N–H and O–H groups in total. The zero-order chi connectivity index (χ0) is 14.9. The number of halogens is 3. The molecule has 0 aliphatic carbocycles. The van der Waals surface area contributed by atoms with E-state index in [1.165, 1.54) is 12.1 Å². The van der Waals surface area contributed by atoms with Crippen LogP contribution >= 0.6 is 11.6 Å². The molecule has 5 nitrogen and oxygen atoms in total. The number of anilines is 1. The Morgan fingerprint density at radius 1 is 1.20 bits per heavy atom. The molecule has 2 rings (SSSR count). The van der Waals surface area contributed by atoms with E-state index in [0.29, 0.717) is 12.1 Å². The third kappa shape index (κ3) is 2.77. The molecule has 20 heavy (non-hydrogen) atoms. The van der Waals surface area contributed by atoms with Crippen molar-refractivity contribution < 1.29 is 27.9 Å². The van der Waals surface area contributed by atoms with Crippen LogP contribution in [-0.4, -0.2) is 17.0 Å². The van der Waals surface area contributed by atoms with Crippen LogP contribution in [0.4, 0.5) is 14.5 Å². The Bertz CT molecular complexity index is 699. The number of rotatable bonds is 3. The summed E-state index contributed by atoms with van der Waals surface area (Å²) in [5.74, 6) is -5.18. The third-order valence-corrected chi connectivity index (χ3v) is 2.54. The van der Waals surface area contributed by atoms with Gasteiger partial charge < -0.3 is 14.8 Å². The predicted molar refractivity (Wildman–Crippen MR) is 65.0 cm³/mol. The number of carbonyl (C=O) groups is 2. The molecule has 0 fully saturated rings. The van der Waals surface area contributed by atoms with Gasteiger partial charge >= 0.3 is 5.97 Å². The summed E-state index contributed by atoms with van der Waals surface area (Å²) in [4.78, 5) is 22.6. The summed E-state index contributed by atoms with van der Waals surface area (Å²) in [6.45, 7) is 0. The Labute approximate surface area is 115 Å². The van der Waals surface area contributed by atoms with Crippen LogP contribution in [0, 0.1) is 11.6 Å². The van der Waals surface area contributed by atoms with Crippen LogP contribution < -0.4 is 5.32 Å². The summed E-state index contributed by atoms with van der Waals surface area (Å²) in [5.41, 5.74) is -0.983. The molecule has 8 heteroatoms. The van der Waals surface area contributed by atoms with Gasteiger partial charge in [-0.3, -0.25) is 4.79 Å². The molecular formula is C12H6ClF2NO4. The fourth-order valence-corrected chi connectivity index (χ4v) is 1.59. The number of aromatic carboxylic acids is 1. The van der Waals surface area contributed by atoms with Crippen LogP contribution in [0.3, 0.4) is 0 Å². The highest BCUT2D eigenvalue weighted by Crippen LogP contribution is 2.22. The summed E-state index contributed by atoms with van der Waals surface area (Å²) in [5, 5.41) is 11.0. The van der Waals surface area contributed by atoms with Gasteiger partial charge in [-0.15, -0.1) is 0 Å². The minimum absolute atomic E-state index is 0.0427. The van der Waals surface area contributed by atoms with Crippen LogP contribution in [0.5, 0.6) is 0 Å². The highest BCUT2D eigenvalue weighted by atomic mass is 35.5. The van der Waals surface area contributed by atoms with E-state index in [0.717, 1.165) is 0 Å². The van der Waals surface area contributed by atoms with Crippen molar-refractivity contribution in [3.63, 3.8) is 0 Å². The molecule has 0 unspecified atom stereocenters. The number of carboxylic acids is 1. The van der Waals surface area contributed by atoms with Crippen LogP contribution in [0.15, 0.2) is 28.7 Å². The second-order valence-corrected chi connectivity index (χ2v) is 4.05. The second-order valence-electron chi connectivity index (χ2n) is 3.67. The lowest BCUT2D eigenvalue weighted by atomic mass is 10.1. The Morgan fingerprint density at radius 3 is 2.40 bits per heavy atom. The van der Waals surface area contributed by atoms with E-state index in [9.17, 15) is 18.4 Å². The Kier molecular flexibility index (Phi) is 3.71. The average molecular weight is 302 g/mol. The van der Waals surface area contributed by atoms with Gasteiger partial charge in [-0.1, -0.05) is 0 Å². The molecule has 1 amide bonds. The number of hydrogen-bond donors (Lipinski definition) is 2. The number of benzene rings is 1. The van der Waals surface area contributed by atoms with Gasteiger partial charge in [-0.25, -0.2) is 13.6 Å². The third-order valence-electron chi connectivity index (χ3n) is 2.34. The van der Waals surface area contributed by atoms with Crippen molar-refractivity contribution in [1.82, 2.24) is 0 Å². The first kappa shape index (κ1) is 14.0. The predicted octanol–water partition coefficient (Wildman–Crippen LogP) is 3.16. The van der Waals surface area contributed by atoms with E-state index in [1.807, 2.05) is 0 Å². The molecule has 0 radical (unpaired) electrons. The van der Waals surface area contributed by atoms with E-state index in [1.54, 1.807) is 0 Å². The second kappa shape index (κ2) is 5.30. The molecule has 2 aromatic rings. The zero-order valence-electron chi connectivity index (χ0n) is 9.62. The molecule has 1 aromatic carbocycles. The lowest BCUT2D eigenvalue weighted by molar-refractivity contribution is 0.0697. The van der Waals surface area contributed by atoms with E-state index in [4.69, 9.17) is 21.1 Å². The van der Waals surface area contributed by atoms with E-state index < -0.39 is 34.8 Å². The zero-order valence-corrected chi connectivity index (χ0v) is 10.4. The van der Waals surface area contributed by atoms with Gasteiger partial charge in [0.2, 0.25) is 0 Å². The minimum Gasteiger partial charge on any atom is -0.478 e. The molecule has 0 atom stereocenters. The summed E-state index contributed by atoms with van der Waals surface area (Å²) >= 11 is 5.48. The number of furan rings is 1. The summed E-state index contributed by atoms with van der Waals surface area (Å²) in [7, 11) is 0. The smallest absolute Gasteiger partial charge is 0.337 e. The van der Waals surface area contributed by atoms with Crippen molar-refractivity contribution in [3.8, 4) is 0 Å². The molecular weight excluding hydrogens is 296 g/mol. The van der Waals surface area contributed by atoms with Gasteiger partial charge in [0.1, 0.15) is 0 Å². The van der Waals surface area contributed by atoms with Crippen LogP contribution in [0.1, 0.15) is 20.9 Å². The maximum atomic E-state index is 13.1. The van der Waals surface area contributed by atoms with Gasteiger partial charge in [-0.2, -0.15) is 0 Å². The Balaban J connectivity index is 2.35. The highest BCUT2D eigenvalue weighted by Gasteiger charge is 2.19. The average Bonchev–Trinajstić information content (AvgIpc) is 2.80. The van der Waals surface area contributed by atoms with E-state index in [2.05, 4.69) is 5.32 Å². The van der Waals surface area contributed by atoms with E-state index >= 15 is 0 Å². The van der Waals surface area contributed by atoms with Crippen LogP contribution in [-0.2, 0) is 0 Å². The molecule has 0 spiro atoms. The van der Waals surface area contributed by atoms with Gasteiger partial charge in [0.05, 0.1) is 11.3 Å². The number of nitrogens with one attached hydrogen (secondary N) is 1. The van der Waals surface area contributed by atoms with Crippen molar-refractivity contribution in [1.29, 1.82) is 0 Å². The number of carboxylic acid groups (broad SMARTS) is 1. The largest absolute Gasteiger partial charge is 0.478 e. The molecule has 104 valence electrons. The first-order valence-corrected chi connectivity index (χ1v) is 5.55. The number of amides is 1. The molecule has 0 saturated carbocycles. The molecule has 0 saturated heterocycles. The van der Waals surface area contributed by atoms with Crippen molar-refractivity contribution >= 4 is 29.2 Å². The fourth-order valence-electron chi connectivity index (χ4n) is 1.45. The fraction of sp³-hybridized carbons (Fsp3) is 0. The quantitative estimate of drug-likeness (QED) is 0.912. The maximum Gasteiger partial charge on any atom is 0.337 e. The topological polar surface area (TPSA) is 79.5 Å². The molecule has 0 bridgehead atoms. The molecule has 0 aliphatic heterocycles. The van der Waals surface area contributed by atoms with Crippen molar-refractivity contribution in [2.75, 3.05) is 5.32 Å². The van der Waals surface area contributed by atoms with Crippen molar-refractivity contribution in [2.24, 2.45) is 0 Å². The van der Waals surface area contributed by atoms with Gasteiger partial charge in [0.15, 0.2) is 22.6 Å². The SMILES string of the molecule is O=C(Nc1cc(F)c(F)cc1C(=O)O)c1ccc(Cl)o1. The number of hydrogen-bond acceptors (Lipinski definition) is 3. The first-order valence-electron chi connectivity index (χ1n) is 5.17. The maximum absolute atomic E-state index is 13.1. The summed E-state index contributed by atoms with van der Waals surface area (Å²) < 4.78 is 30.9. The van der Waals surface area contributed by atoms with Crippen LogP contribution in [0.2, 0.25) is 5.22 Å². The molecule has 1 aromatic heterocycles.